The number of para-hydroxylation sites is 2. The number of tetrazole rings is 1. The highest BCUT2D eigenvalue weighted by molar-refractivity contribution is 7.99. The number of hydrogen-bond donors (Lipinski definition) is 0. The van der Waals surface area contributed by atoms with E-state index in [1.54, 1.807) is 16.4 Å². The predicted octanol–water partition coefficient (Wildman–Crippen LogP) is 4.09. The van der Waals surface area contributed by atoms with Crippen molar-refractivity contribution in [2.75, 3.05) is 0 Å². The number of hydrogen-bond acceptors (Lipinski definition) is 7. The zero-order chi connectivity index (χ0) is 23.8. The van der Waals surface area contributed by atoms with Gasteiger partial charge in [0.25, 0.3) is 5.56 Å². The first-order chi connectivity index (χ1) is 17.2. The highest BCUT2D eigenvalue weighted by Crippen LogP contribution is 2.37. The van der Waals surface area contributed by atoms with E-state index in [4.69, 9.17) is 4.98 Å². The van der Waals surface area contributed by atoms with Crippen molar-refractivity contribution >= 4 is 11.8 Å². The van der Waals surface area contributed by atoms with Gasteiger partial charge < -0.3 is 4.57 Å². The molecular formula is C25H24N8OS. The van der Waals surface area contributed by atoms with Crippen LogP contribution in [0.3, 0.4) is 0 Å². The summed E-state index contributed by atoms with van der Waals surface area (Å²) in [7, 11) is 0. The lowest BCUT2D eigenvalue weighted by atomic mass is 10.1. The first-order valence-corrected chi connectivity index (χ1v) is 12.7. The van der Waals surface area contributed by atoms with Crippen LogP contribution in [0.2, 0.25) is 0 Å². The number of aromatic nitrogens is 8. The lowest BCUT2D eigenvalue weighted by Gasteiger charge is -2.19. The topological polar surface area (TPSA) is 96.3 Å². The fourth-order valence-electron chi connectivity index (χ4n) is 4.60. The molecule has 10 heteroatoms. The summed E-state index contributed by atoms with van der Waals surface area (Å²) in [6, 6.07) is 19.4. The van der Waals surface area contributed by atoms with E-state index in [1.807, 2.05) is 60.7 Å². The van der Waals surface area contributed by atoms with Gasteiger partial charge in [-0.05, 0) is 60.9 Å². The number of benzene rings is 2. The summed E-state index contributed by atoms with van der Waals surface area (Å²) < 4.78 is 5.45. The fraction of sp³-hybridized carbons (Fsp3) is 0.280. The van der Waals surface area contributed by atoms with E-state index >= 15 is 0 Å². The Morgan fingerprint density at radius 3 is 2.37 bits per heavy atom. The van der Waals surface area contributed by atoms with Crippen LogP contribution in [0.4, 0.5) is 0 Å². The summed E-state index contributed by atoms with van der Waals surface area (Å²) in [4.78, 5) is 18.4. The Labute approximate surface area is 206 Å². The molecule has 9 nitrogen and oxygen atoms in total. The third-order valence-electron chi connectivity index (χ3n) is 6.31. The van der Waals surface area contributed by atoms with Crippen LogP contribution in [0.1, 0.15) is 43.0 Å². The number of nitrogens with zero attached hydrogens (tertiary/aromatic N) is 8. The Morgan fingerprint density at radius 2 is 1.63 bits per heavy atom. The summed E-state index contributed by atoms with van der Waals surface area (Å²) in [6.07, 6.45) is 4.05. The molecule has 0 fully saturated rings. The van der Waals surface area contributed by atoms with Crippen LogP contribution in [0.25, 0.3) is 22.8 Å². The van der Waals surface area contributed by atoms with Gasteiger partial charge in [-0.15, -0.1) is 10.2 Å². The van der Waals surface area contributed by atoms with Crippen molar-refractivity contribution in [1.29, 1.82) is 0 Å². The molecule has 3 aromatic rings. The van der Waals surface area contributed by atoms with E-state index in [0.717, 1.165) is 60.3 Å². The van der Waals surface area contributed by atoms with Crippen molar-refractivity contribution in [3.05, 3.63) is 82.5 Å². The summed E-state index contributed by atoms with van der Waals surface area (Å²) in [5, 5.41) is 17.9. The molecule has 0 spiro atoms. The molecule has 6 rings (SSSR count). The Kier molecular flexibility index (Phi) is 5.65. The fourth-order valence-corrected chi connectivity index (χ4v) is 5.64. The van der Waals surface area contributed by atoms with Gasteiger partial charge in [0.2, 0.25) is 0 Å². The van der Waals surface area contributed by atoms with Crippen molar-refractivity contribution in [2.45, 2.75) is 49.6 Å². The average Bonchev–Trinajstić information content (AvgIpc) is 3.42. The molecule has 0 bridgehead atoms. The molecule has 35 heavy (non-hydrogen) atoms. The molecule has 1 unspecified atom stereocenters. The number of rotatable bonds is 5. The van der Waals surface area contributed by atoms with Crippen LogP contribution in [0.5, 0.6) is 0 Å². The minimum Gasteiger partial charge on any atom is -0.324 e. The second kappa shape index (κ2) is 9.10. The Balaban J connectivity index is 1.45. The van der Waals surface area contributed by atoms with E-state index in [0.29, 0.717) is 11.4 Å². The van der Waals surface area contributed by atoms with E-state index < -0.39 is 0 Å². The first-order valence-electron chi connectivity index (χ1n) is 11.8. The molecule has 1 aromatic heterocycles. The summed E-state index contributed by atoms with van der Waals surface area (Å²) in [5.74, 6) is 1.23. The quantitative estimate of drug-likeness (QED) is 0.274. The maximum absolute atomic E-state index is 13.4. The second-order valence-electron chi connectivity index (χ2n) is 8.60. The molecule has 1 atom stereocenters. The highest BCUT2D eigenvalue weighted by atomic mass is 32.2. The SMILES string of the molecule is CC(Sc1nc2nn(-c3ccccc3)c(=O)c-2c2n1CCCCC2)c1nnnn1-c1ccccc1. The van der Waals surface area contributed by atoms with Crippen molar-refractivity contribution in [3.8, 4) is 22.8 Å². The largest absolute Gasteiger partial charge is 0.324 e. The van der Waals surface area contributed by atoms with Crippen LogP contribution >= 0.6 is 11.8 Å². The smallest absolute Gasteiger partial charge is 0.284 e. The minimum atomic E-state index is -0.109. The lowest BCUT2D eigenvalue weighted by molar-refractivity contribution is 0.570. The van der Waals surface area contributed by atoms with Gasteiger partial charge in [0.15, 0.2) is 16.8 Å². The molecule has 4 heterocycles. The van der Waals surface area contributed by atoms with Gasteiger partial charge in [0.05, 0.1) is 16.6 Å². The lowest BCUT2D eigenvalue weighted by Crippen LogP contribution is -2.19. The summed E-state index contributed by atoms with van der Waals surface area (Å²) in [6.45, 7) is 2.90. The van der Waals surface area contributed by atoms with Gasteiger partial charge in [-0.2, -0.15) is 9.36 Å². The molecule has 0 amide bonds. The molecule has 2 aromatic carbocycles. The van der Waals surface area contributed by atoms with Crippen LogP contribution in [0, 0.1) is 0 Å². The zero-order valence-corrected chi connectivity index (χ0v) is 20.1. The van der Waals surface area contributed by atoms with Gasteiger partial charge in [-0.1, -0.05) is 54.6 Å². The van der Waals surface area contributed by atoms with E-state index in [9.17, 15) is 4.79 Å². The van der Waals surface area contributed by atoms with Gasteiger partial charge >= 0.3 is 0 Å². The molecule has 0 aliphatic carbocycles. The molecule has 176 valence electrons. The monoisotopic (exact) mass is 484 g/mol. The first kappa shape index (κ1) is 21.7. The van der Waals surface area contributed by atoms with Crippen LogP contribution in [-0.2, 0) is 13.0 Å². The number of fused-ring (bicyclic) bond motifs is 3. The van der Waals surface area contributed by atoms with Crippen molar-refractivity contribution in [3.63, 3.8) is 0 Å². The number of thioether (sulfide) groups is 1. The van der Waals surface area contributed by atoms with Gasteiger partial charge in [0.1, 0.15) is 5.56 Å². The third kappa shape index (κ3) is 3.93. The molecule has 0 saturated carbocycles. The molecule has 3 aliphatic heterocycles. The average molecular weight is 485 g/mol. The highest BCUT2D eigenvalue weighted by Gasteiger charge is 2.28. The molecular weight excluding hydrogens is 460 g/mol. The molecule has 0 radical (unpaired) electrons. The summed E-state index contributed by atoms with van der Waals surface area (Å²) >= 11 is 1.60. The standard InChI is InChI=1S/C25H24N8OS/c1-17(23-27-29-30-32(23)18-11-5-2-6-12-18)35-25-26-22-21(20-15-9-4-10-16-31(20)25)24(34)33(28-22)19-13-7-3-8-14-19/h2-3,5-8,11-14,17H,4,9-10,15-16H2,1H3. The summed E-state index contributed by atoms with van der Waals surface area (Å²) in [5.41, 5.74) is 3.20. The Morgan fingerprint density at radius 1 is 0.914 bits per heavy atom. The third-order valence-corrected chi connectivity index (χ3v) is 7.39. The van der Waals surface area contributed by atoms with E-state index in [-0.39, 0.29) is 10.8 Å². The van der Waals surface area contributed by atoms with Crippen molar-refractivity contribution in [2.24, 2.45) is 0 Å². The van der Waals surface area contributed by atoms with Crippen molar-refractivity contribution in [1.82, 2.24) is 39.5 Å². The molecule has 3 aliphatic rings. The van der Waals surface area contributed by atoms with Crippen LogP contribution in [-0.4, -0.2) is 39.5 Å². The van der Waals surface area contributed by atoms with Crippen LogP contribution in [0.15, 0.2) is 70.6 Å². The molecule has 0 saturated heterocycles. The minimum absolute atomic E-state index is 0.0714. The van der Waals surface area contributed by atoms with Gasteiger partial charge in [-0.25, -0.2) is 4.98 Å². The second-order valence-corrected chi connectivity index (χ2v) is 9.91. The Bertz CT molecular complexity index is 1490. The predicted molar refractivity (Wildman–Crippen MR) is 133 cm³/mol. The zero-order valence-electron chi connectivity index (χ0n) is 19.3. The Hall–Kier alpha value is -3.79. The van der Waals surface area contributed by atoms with E-state index in [1.165, 1.54) is 4.68 Å². The molecule has 0 N–H and O–H groups in total. The van der Waals surface area contributed by atoms with Gasteiger partial charge in [0, 0.05) is 12.2 Å². The maximum atomic E-state index is 13.4. The maximum Gasteiger partial charge on any atom is 0.284 e. The van der Waals surface area contributed by atoms with Crippen LogP contribution < -0.4 is 5.56 Å². The van der Waals surface area contributed by atoms with Gasteiger partial charge in [-0.3, -0.25) is 4.79 Å². The normalized spacial score (nSPS) is 14.5. The van der Waals surface area contributed by atoms with E-state index in [2.05, 4.69) is 32.1 Å². The van der Waals surface area contributed by atoms with Crippen molar-refractivity contribution < 1.29 is 0 Å².